The minimum Gasteiger partial charge on any atom is -0.496 e. The van der Waals surface area contributed by atoms with E-state index < -0.39 is 0 Å². The minimum absolute atomic E-state index is 0.204. The maximum absolute atomic E-state index is 12.1. The summed E-state index contributed by atoms with van der Waals surface area (Å²) in [5.41, 5.74) is 1.38. The van der Waals surface area contributed by atoms with Crippen LogP contribution in [0.4, 0.5) is 0 Å². The van der Waals surface area contributed by atoms with Gasteiger partial charge in [0.15, 0.2) is 5.76 Å². The highest BCUT2D eigenvalue weighted by atomic mass is 16.5. The van der Waals surface area contributed by atoms with Gasteiger partial charge in [-0.15, -0.1) is 0 Å². The van der Waals surface area contributed by atoms with Crippen molar-refractivity contribution in [3.05, 3.63) is 47.3 Å². The van der Waals surface area contributed by atoms with E-state index in [0.717, 1.165) is 5.69 Å². The lowest BCUT2D eigenvalue weighted by Gasteiger charge is -2.07. The van der Waals surface area contributed by atoms with Crippen molar-refractivity contribution in [1.82, 2.24) is 10.5 Å². The van der Waals surface area contributed by atoms with Crippen LogP contribution in [0.2, 0.25) is 0 Å². The zero-order chi connectivity index (χ0) is 14.5. The van der Waals surface area contributed by atoms with Gasteiger partial charge in [-0.25, -0.2) is 0 Å². The van der Waals surface area contributed by atoms with Crippen LogP contribution in [0.5, 0.6) is 5.75 Å². The number of nitrogens with one attached hydrogen (secondary N) is 1. The molecule has 0 unspecified atom stereocenters. The summed E-state index contributed by atoms with van der Waals surface area (Å²) in [6.45, 7) is 4.38. The predicted molar refractivity (Wildman–Crippen MR) is 74.8 cm³/mol. The molecule has 5 nitrogen and oxygen atoms in total. The van der Waals surface area contributed by atoms with Gasteiger partial charge in [0, 0.05) is 6.07 Å². The van der Waals surface area contributed by atoms with Crippen LogP contribution >= 0.6 is 0 Å². The average molecular weight is 274 g/mol. The summed E-state index contributed by atoms with van der Waals surface area (Å²) in [5, 5.41) is 6.74. The molecule has 2 rings (SSSR count). The standard InChI is InChI=1S/C15H18N2O3/c1-10(2)13-8-11(20-17-13)9-16-15(18)12-6-4-5-7-14(12)19-3/h4-8,10H,9H2,1-3H3,(H,16,18). The summed E-state index contributed by atoms with van der Waals surface area (Å²) < 4.78 is 10.3. The van der Waals surface area contributed by atoms with Crippen LogP contribution in [0, 0.1) is 0 Å². The van der Waals surface area contributed by atoms with Gasteiger partial charge in [0.05, 0.1) is 24.9 Å². The van der Waals surface area contributed by atoms with Gasteiger partial charge in [-0.3, -0.25) is 4.79 Å². The first-order valence-electron chi connectivity index (χ1n) is 6.48. The lowest BCUT2D eigenvalue weighted by Crippen LogP contribution is -2.23. The number of methoxy groups -OCH3 is 1. The van der Waals surface area contributed by atoms with Crippen molar-refractivity contribution in [2.24, 2.45) is 0 Å². The van der Waals surface area contributed by atoms with Crippen LogP contribution < -0.4 is 10.1 Å². The maximum Gasteiger partial charge on any atom is 0.255 e. The van der Waals surface area contributed by atoms with Crippen molar-refractivity contribution < 1.29 is 14.1 Å². The topological polar surface area (TPSA) is 64.4 Å². The number of carbonyl (C=O) groups is 1. The smallest absolute Gasteiger partial charge is 0.255 e. The van der Waals surface area contributed by atoms with Crippen molar-refractivity contribution >= 4 is 5.91 Å². The van der Waals surface area contributed by atoms with E-state index in [2.05, 4.69) is 10.5 Å². The Hall–Kier alpha value is -2.30. The molecule has 5 heteroatoms. The van der Waals surface area contributed by atoms with Gasteiger partial charge in [-0.2, -0.15) is 0 Å². The van der Waals surface area contributed by atoms with Gasteiger partial charge in [-0.1, -0.05) is 31.1 Å². The molecule has 1 aromatic heterocycles. The Morgan fingerprint density at radius 2 is 2.15 bits per heavy atom. The predicted octanol–water partition coefficient (Wildman–Crippen LogP) is 2.74. The molecule has 2 aromatic rings. The number of nitrogens with zero attached hydrogens (tertiary/aromatic N) is 1. The third-order valence-electron chi connectivity index (χ3n) is 2.94. The van der Waals surface area contributed by atoms with Crippen LogP contribution in [-0.4, -0.2) is 18.2 Å². The van der Waals surface area contributed by atoms with Crippen LogP contribution in [0.25, 0.3) is 0 Å². The number of rotatable bonds is 5. The Morgan fingerprint density at radius 1 is 1.40 bits per heavy atom. The number of amides is 1. The first-order valence-corrected chi connectivity index (χ1v) is 6.48. The molecule has 0 bridgehead atoms. The van der Waals surface area contributed by atoms with Crippen LogP contribution in [0.3, 0.4) is 0 Å². The molecule has 1 heterocycles. The van der Waals surface area contributed by atoms with E-state index in [1.165, 1.54) is 7.11 Å². The number of hydrogen-bond donors (Lipinski definition) is 1. The van der Waals surface area contributed by atoms with Gasteiger partial charge in [0.2, 0.25) is 0 Å². The van der Waals surface area contributed by atoms with Gasteiger partial charge in [0.25, 0.3) is 5.91 Å². The summed E-state index contributed by atoms with van der Waals surface area (Å²) in [5.74, 6) is 1.28. The van der Waals surface area contributed by atoms with Crippen molar-refractivity contribution in [3.8, 4) is 5.75 Å². The van der Waals surface area contributed by atoms with Crippen LogP contribution in [0.15, 0.2) is 34.9 Å². The van der Waals surface area contributed by atoms with Crippen LogP contribution in [0.1, 0.15) is 41.6 Å². The Morgan fingerprint density at radius 3 is 2.80 bits per heavy atom. The third kappa shape index (κ3) is 3.17. The molecule has 0 aliphatic carbocycles. The highest BCUT2D eigenvalue weighted by molar-refractivity contribution is 5.96. The van der Waals surface area contributed by atoms with E-state index in [1.54, 1.807) is 18.2 Å². The Bertz CT molecular complexity index is 590. The summed E-state index contributed by atoms with van der Waals surface area (Å²) in [6, 6.07) is 8.94. The molecule has 0 saturated carbocycles. The maximum atomic E-state index is 12.1. The highest BCUT2D eigenvalue weighted by Gasteiger charge is 2.13. The first-order chi connectivity index (χ1) is 9.61. The zero-order valence-electron chi connectivity index (χ0n) is 11.8. The normalized spacial score (nSPS) is 10.6. The third-order valence-corrected chi connectivity index (χ3v) is 2.94. The van der Waals surface area contributed by atoms with Crippen molar-refractivity contribution in [2.45, 2.75) is 26.3 Å². The van der Waals surface area contributed by atoms with E-state index >= 15 is 0 Å². The largest absolute Gasteiger partial charge is 0.496 e. The highest BCUT2D eigenvalue weighted by Crippen LogP contribution is 2.17. The fourth-order valence-electron chi connectivity index (χ4n) is 1.78. The second-order valence-electron chi connectivity index (χ2n) is 4.76. The van der Waals surface area contributed by atoms with Crippen LogP contribution in [-0.2, 0) is 6.54 Å². The summed E-state index contributed by atoms with van der Waals surface area (Å²) >= 11 is 0. The molecule has 0 aliphatic rings. The zero-order valence-corrected chi connectivity index (χ0v) is 11.8. The van der Waals surface area contributed by atoms with Crippen molar-refractivity contribution in [1.29, 1.82) is 0 Å². The average Bonchev–Trinajstić information content (AvgIpc) is 2.94. The van der Waals surface area contributed by atoms with E-state index in [-0.39, 0.29) is 5.91 Å². The summed E-state index contributed by atoms with van der Waals surface area (Å²) in [7, 11) is 1.54. The molecule has 1 aromatic carbocycles. The molecule has 1 N–H and O–H groups in total. The molecule has 0 atom stereocenters. The van der Waals surface area contributed by atoms with Gasteiger partial charge in [-0.05, 0) is 18.1 Å². The van der Waals surface area contributed by atoms with E-state index in [4.69, 9.17) is 9.26 Å². The van der Waals surface area contributed by atoms with E-state index in [1.807, 2.05) is 26.0 Å². The van der Waals surface area contributed by atoms with Gasteiger partial charge < -0.3 is 14.6 Å². The summed E-state index contributed by atoms with van der Waals surface area (Å²) in [4.78, 5) is 12.1. The quantitative estimate of drug-likeness (QED) is 0.910. The second kappa shape index (κ2) is 6.23. The lowest BCUT2D eigenvalue weighted by molar-refractivity contribution is 0.0944. The lowest BCUT2D eigenvalue weighted by atomic mass is 10.1. The SMILES string of the molecule is COc1ccccc1C(=O)NCc1cc(C(C)C)no1. The van der Waals surface area contributed by atoms with Gasteiger partial charge >= 0.3 is 0 Å². The monoisotopic (exact) mass is 274 g/mol. The molecule has 106 valence electrons. The second-order valence-corrected chi connectivity index (χ2v) is 4.76. The fraction of sp³-hybridized carbons (Fsp3) is 0.333. The minimum atomic E-state index is -0.204. The molecular formula is C15H18N2O3. The Labute approximate surface area is 117 Å². The number of para-hydroxylation sites is 1. The number of hydrogen-bond acceptors (Lipinski definition) is 4. The Balaban J connectivity index is 2.01. The number of aromatic nitrogens is 1. The van der Waals surface area contributed by atoms with Crippen molar-refractivity contribution in [2.75, 3.05) is 7.11 Å². The molecule has 0 radical (unpaired) electrons. The number of ether oxygens (including phenoxy) is 1. The van der Waals surface area contributed by atoms with Gasteiger partial charge in [0.1, 0.15) is 5.75 Å². The first kappa shape index (κ1) is 14.1. The molecule has 20 heavy (non-hydrogen) atoms. The molecule has 0 fully saturated rings. The number of carbonyl (C=O) groups excluding carboxylic acids is 1. The molecular weight excluding hydrogens is 256 g/mol. The van der Waals surface area contributed by atoms with Crippen molar-refractivity contribution in [3.63, 3.8) is 0 Å². The molecule has 0 spiro atoms. The Kier molecular flexibility index (Phi) is 4.40. The summed E-state index contributed by atoms with van der Waals surface area (Å²) in [6.07, 6.45) is 0. The fourth-order valence-corrected chi connectivity index (χ4v) is 1.78. The molecule has 1 amide bonds. The van der Waals surface area contributed by atoms with E-state index in [9.17, 15) is 4.79 Å². The molecule has 0 aliphatic heterocycles. The van der Waals surface area contributed by atoms with E-state index in [0.29, 0.717) is 29.5 Å². The number of benzene rings is 1. The molecule has 0 saturated heterocycles.